The molecule has 0 saturated carbocycles. The third-order valence-electron chi connectivity index (χ3n) is 3.87. The van der Waals surface area contributed by atoms with Crippen LogP contribution in [0, 0.1) is 0 Å². The van der Waals surface area contributed by atoms with Crippen LogP contribution in [0.4, 0.5) is 5.69 Å². The summed E-state index contributed by atoms with van der Waals surface area (Å²) in [6, 6.07) is 11.3. The van der Waals surface area contributed by atoms with Gasteiger partial charge in [0.05, 0.1) is 12.1 Å². The summed E-state index contributed by atoms with van der Waals surface area (Å²) in [5.41, 5.74) is 3.89. The van der Waals surface area contributed by atoms with Crippen LogP contribution in [0.5, 0.6) is 0 Å². The Bertz CT molecular complexity index is 953. The van der Waals surface area contributed by atoms with Gasteiger partial charge in [-0.25, -0.2) is 4.98 Å². The summed E-state index contributed by atoms with van der Waals surface area (Å²) in [6.45, 7) is 0.386. The predicted molar refractivity (Wildman–Crippen MR) is 95.3 cm³/mol. The lowest BCUT2D eigenvalue weighted by Gasteiger charge is -2.05. The second kappa shape index (κ2) is 6.45. The average molecular weight is 350 g/mol. The molecule has 0 aliphatic carbocycles. The van der Waals surface area contributed by atoms with Crippen molar-refractivity contribution in [3.8, 4) is 10.7 Å². The SMILES string of the molecule is O=C1Cc2cc(CNC(=O)c3csc(-c4ccccn4)n3)ccc2N1. The molecule has 3 heterocycles. The number of rotatable bonds is 4. The standard InChI is InChI=1S/C18H14N4O2S/c23-16-8-12-7-11(4-5-13(12)21-16)9-20-17(24)15-10-25-18(22-15)14-3-1-2-6-19-14/h1-7,10H,8-9H2,(H,20,24)(H,21,23). The van der Waals surface area contributed by atoms with Gasteiger partial charge in [-0.2, -0.15) is 0 Å². The van der Waals surface area contributed by atoms with E-state index in [-0.39, 0.29) is 11.8 Å². The molecule has 0 saturated heterocycles. The third-order valence-corrected chi connectivity index (χ3v) is 4.73. The minimum absolute atomic E-state index is 0.000657. The highest BCUT2D eigenvalue weighted by Gasteiger charge is 2.18. The molecule has 1 aliphatic heterocycles. The fraction of sp³-hybridized carbons (Fsp3) is 0.111. The summed E-state index contributed by atoms with van der Waals surface area (Å²) in [6.07, 6.45) is 2.08. The van der Waals surface area contributed by atoms with E-state index in [0.29, 0.717) is 23.7 Å². The Hall–Kier alpha value is -3.06. The minimum Gasteiger partial charge on any atom is -0.347 e. The summed E-state index contributed by atoms with van der Waals surface area (Å²) < 4.78 is 0. The van der Waals surface area contributed by atoms with Crippen LogP contribution in [0.2, 0.25) is 0 Å². The molecule has 4 rings (SSSR count). The number of thiazole rings is 1. The van der Waals surface area contributed by atoms with E-state index < -0.39 is 0 Å². The molecule has 0 atom stereocenters. The minimum atomic E-state index is -0.229. The van der Waals surface area contributed by atoms with Gasteiger partial charge in [0.25, 0.3) is 5.91 Å². The number of amides is 2. The number of aromatic nitrogens is 2. The lowest BCUT2D eigenvalue weighted by Crippen LogP contribution is -2.23. The van der Waals surface area contributed by atoms with Gasteiger partial charge >= 0.3 is 0 Å². The molecule has 0 fully saturated rings. The van der Waals surface area contributed by atoms with Gasteiger partial charge in [-0.15, -0.1) is 11.3 Å². The van der Waals surface area contributed by atoms with E-state index in [2.05, 4.69) is 20.6 Å². The van der Waals surface area contributed by atoms with Crippen LogP contribution >= 0.6 is 11.3 Å². The van der Waals surface area contributed by atoms with Crippen LogP contribution in [0.25, 0.3) is 10.7 Å². The number of carbonyl (C=O) groups excluding carboxylic acids is 2. The van der Waals surface area contributed by atoms with Crippen molar-refractivity contribution in [1.29, 1.82) is 0 Å². The van der Waals surface area contributed by atoms with Crippen molar-refractivity contribution < 1.29 is 9.59 Å². The Morgan fingerprint density at radius 2 is 2.20 bits per heavy atom. The highest BCUT2D eigenvalue weighted by Crippen LogP contribution is 2.24. The molecule has 0 radical (unpaired) electrons. The zero-order chi connectivity index (χ0) is 17.2. The molecule has 7 heteroatoms. The van der Waals surface area contributed by atoms with Crippen molar-refractivity contribution in [2.45, 2.75) is 13.0 Å². The Balaban J connectivity index is 1.42. The van der Waals surface area contributed by atoms with Crippen molar-refractivity contribution in [2.75, 3.05) is 5.32 Å². The lowest BCUT2D eigenvalue weighted by molar-refractivity contribution is -0.115. The van der Waals surface area contributed by atoms with E-state index >= 15 is 0 Å². The Morgan fingerprint density at radius 1 is 1.28 bits per heavy atom. The molecule has 1 aliphatic rings. The topological polar surface area (TPSA) is 84.0 Å². The van der Waals surface area contributed by atoms with Gasteiger partial charge in [0, 0.05) is 23.8 Å². The van der Waals surface area contributed by atoms with Crippen molar-refractivity contribution in [3.63, 3.8) is 0 Å². The van der Waals surface area contributed by atoms with Crippen molar-refractivity contribution >= 4 is 28.8 Å². The fourth-order valence-corrected chi connectivity index (χ4v) is 3.43. The molecule has 0 bridgehead atoms. The van der Waals surface area contributed by atoms with E-state index in [4.69, 9.17) is 0 Å². The highest BCUT2D eigenvalue weighted by atomic mass is 32.1. The normalized spacial score (nSPS) is 12.6. The smallest absolute Gasteiger partial charge is 0.271 e. The molecule has 25 heavy (non-hydrogen) atoms. The number of nitrogens with one attached hydrogen (secondary N) is 2. The summed E-state index contributed by atoms with van der Waals surface area (Å²) >= 11 is 1.39. The number of benzene rings is 1. The average Bonchev–Trinajstić information content (AvgIpc) is 3.26. The van der Waals surface area contributed by atoms with E-state index in [1.54, 1.807) is 11.6 Å². The van der Waals surface area contributed by atoms with E-state index in [0.717, 1.165) is 22.5 Å². The zero-order valence-corrected chi connectivity index (χ0v) is 14.0. The maximum absolute atomic E-state index is 12.3. The first-order valence-corrected chi connectivity index (χ1v) is 8.64. The van der Waals surface area contributed by atoms with Gasteiger partial charge in [0.1, 0.15) is 10.7 Å². The molecule has 2 N–H and O–H groups in total. The van der Waals surface area contributed by atoms with E-state index in [9.17, 15) is 9.59 Å². The second-order valence-electron chi connectivity index (χ2n) is 5.65. The molecule has 1 aromatic carbocycles. The Morgan fingerprint density at radius 3 is 3.04 bits per heavy atom. The van der Waals surface area contributed by atoms with Crippen LogP contribution < -0.4 is 10.6 Å². The van der Waals surface area contributed by atoms with Gasteiger partial charge in [-0.1, -0.05) is 18.2 Å². The van der Waals surface area contributed by atoms with Crippen molar-refractivity contribution in [1.82, 2.24) is 15.3 Å². The first kappa shape index (κ1) is 15.5. The number of anilines is 1. The van der Waals surface area contributed by atoms with E-state index in [1.807, 2.05) is 36.4 Å². The van der Waals surface area contributed by atoms with Crippen LogP contribution in [-0.4, -0.2) is 21.8 Å². The van der Waals surface area contributed by atoms with Crippen LogP contribution in [0.1, 0.15) is 21.6 Å². The molecule has 2 amide bonds. The number of fused-ring (bicyclic) bond motifs is 1. The van der Waals surface area contributed by atoms with Gasteiger partial charge in [0.2, 0.25) is 5.91 Å². The molecule has 3 aromatic rings. The molecular weight excluding hydrogens is 336 g/mol. The van der Waals surface area contributed by atoms with Crippen molar-refractivity contribution in [3.05, 3.63) is 64.8 Å². The number of nitrogens with zero attached hydrogens (tertiary/aromatic N) is 2. The highest BCUT2D eigenvalue weighted by molar-refractivity contribution is 7.13. The van der Waals surface area contributed by atoms with Crippen LogP contribution in [0.3, 0.4) is 0 Å². The summed E-state index contributed by atoms with van der Waals surface area (Å²) in [4.78, 5) is 32.3. The predicted octanol–water partition coefficient (Wildman–Crippen LogP) is 2.63. The third kappa shape index (κ3) is 3.27. The largest absolute Gasteiger partial charge is 0.347 e. The maximum atomic E-state index is 12.3. The molecular formula is C18H14N4O2S. The summed E-state index contributed by atoms with van der Waals surface area (Å²) in [7, 11) is 0. The van der Waals surface area contributed by atoms with Gasteiger partial charge < -0.3 is 10.6 Å². The molecule has 124 valence electrons. The van der Waals surface area contributed by atoms with Crippen molar-refractivity contribution in [2.24, 2.45) is 0 Å². The van der Waals surface area contributed by atoms with E-state index in [1.165, 1.54) is 11.3 Å². The molecule has 2 aromatic heterocycles. The second-order valence-corrected chi connectivity index (χ2v) is 6.51. The molecule has 6 nitrogen and oxygen atoms in total. The summed E-state index contributed by atoms with van der Waals surface area (Å²) in [5, 5.41) is 8.10. The quantitative estimate of drug-likeness (QED) is 0.758. The van der Waals surface area contributed by atoms with Gasteiger partial charge in [0.15, 0.2) is 0 Å². The number of hydrogen-bond acceptors (Lipinski definition) is 5. The molecule has 0 spiro atoms. The monoisotopic (exact) mass is 350 g/mol. The van der Waals surface area contributed by atoms with Crippen LogP contribution in [0.15, 0.2) is 48.0 Å². The Kier molecular flexibility index (Phi) is 3.99. The number of pyridine rings is 1. The zero-order valence-electron chi connectivity index (χ0n) is 13.2. The van der Waals surface area contributed by atoms with Crippen LogP contribution in [-0.2, 0) is 17.8 Å². The van der Waals surface area contributed by atoms with Gasteiger partial charge in [-0.3, -0.25) is 14.6 Å². The maximum Gasteiger partial charge on any atom is 0.271 e. The number of carbonyl (C=O) groups is 2. The molecule has 0 unspecified atom stereocenters. The van der Waals surface area contributed by atoms with Gasteiger partial charge in [-0.05, 0) is 29.3 Å². The Labute approximate surface area is 148 Å². The summed E-state index contributed by atoms with van der Waals surface area (Å²) in [5.74, 6) is -0.228. The fourth-order valence-electron chi connectivity index (χ4n) is 2.65. The first-order chi connectivity index (χ1) is 12.2. The lowest BCUT2D eigenvalue weighted by atomic mass is 10.1. The first-order valence-electron chi connectivity index (χ1n) is 7.76. The number of hydrogen-bond donors (Lipinski definition) is 2.